The zero-order valence-corrected chi connectivity index (χ0v) is 7.79. The average molecular weight is 167 g/mol. The smallest absolute Gasteiger partial charge is 0.104 e. The van der Waals surface area contributed by atoms with E-state index < -0.39 is 0 Å². The molecular formula is C10H17NO. The van der Waals surface area contributed by atoms with Crippen LogP contribution in [-0.4, -0.2) is 6.04 Å². The van der Waals surface area contributed by atoms with E-state index in [4.69, 9.17) is 10.2 Å². The molecule has 0 aromatic carbocycles. The predicted octanol–water partition coefficient (Wildman–Crippen LogP) is 2.20. The first-order valence-electron chi connectivity index (χ1n) is 4.52. The zero-order chi connectivity index (χ0) is 8.97. The number of hydrogen-bond donors (Lipinski definition) is 1. The van der Waals surface area contributed by atoms with Crippen LogP contribution in [0.2, 0.25) is 0 Å². The van der Waals surface area contributed by atoms with E-state index in [1.165, 1.54) is 0 Å². The molecule has 0 radical (unpaired) electrons. The molecule has 0 aliphatic heterocycles. The maximum atomic E-state index is 5.89. The lowest BCUT2D eigenvalue weighted by molar-refractivity contribution is 0.397. The molecule has 1 aromatic heterocycles. The Bertz CT molecular complexity index is 206. The first-order chi connectivity index (χ1) is 5.74. The van der Waals surface area contributed by atoms with Crippen LogP contribution in [0.4, 0.5) is 0 Å². The standard InChI is InChI=1S/C10H17NO/c1-3-10(11)8(2)7-9-5-4-6-12-9/h4-6,8,10H,3,7,11H2,1-2H3. The molecule has 0 bridgehead atoms. The summed E-state index contributed by atoms with van der Waals surface area (Å²) in [6, 6.07) is 4.20. The van der Waals surface area contributed by atoms with Gasteiger partial charge in [-0.1, -0.05) is 13.8 Å². The fraction of sp³-hybridized carbons (Fsp3) is 0.600. The Balaban J connectivity index is 2.41. The largest absolute Gasteiger partial charge is 0.469 e. The molecule has 0 fully saturated rings. The molecular weight excluding hydrogens is 150 g/mol. The summed E-state index contributed by atoms with van der Waals surface area (Å²) in [4.78, 5) is 0. The zero-order valence-electron chi connectivity index (χ0n) is 7.79. The van der Waals surface area contributed by atoms with E-state index in [2.05, 4.69) is 13.8 Å². The Kier molecular flexibility index (Phi) is 3.35. The lowest BCUT2D eigenvalue weighted by atomic mass is 9.96. The van der Waals surface area contributed by atoms with Gasteiger partial charge in [0.15, 0.2) is 0 Å². The molecule has 0 amide bonds. The molecule has 2 nitrogen and oxygen atoms in total. The lowest BCUT2D eigenvalue weighted by Crippen LogP contribution is -2.28. The van der Waals surface area contributed by atoms with Gasteiger partial charge in [-0.25, -0.2) is 0 Å². The first-order valence-corrected chi connectivity index (χ1v) is 4.52. The minimum Gasteiger partial charge on any atom is -0.469 e. The molecule has 2 atom stereocenters. The highest BCUT2D eigenvalue weighted by atomic mass is 16.3. The second-order valence-electron chi connectivity index (χ2n) is 3.33. The summed E-state index contributed by atoms with van der Waals surface area (Å²) in [6.07, 6.45) is 3.68. The molecule has 0 aliphatic carbocycles. The van der Waals surface area contributed by atoms with Crippen molar-refractivity contribution in [2.75, 3.05) is 0 Å². The normalized spacial score (nSPS) is 15.9. The molecule has 2 N–H and O–H groups in total. The van der Waals surface area contributed by atoms with E-state index in [1.54, 1.807) is 6.26 Å². The van der Waals surface area contributed by atoms with Crippen LogP contribution >= 0.6 is 0 Å². The van der Waals surface area contributed by atoms with Crippen LogP contribution in [0.25, 0.3) is 0 Å². The van der Waals surface area contributed by atoms with Crippen LogP contribution in [-0.2, 0) is 6.42 Å². The highest BCUT2D eigenvalue weighted by molar-refractivity contribution is 4.99. The average Bonchev–Trinajstić information content (AvgIpc) is 2.55. The minimum absolute atomic E-state index is 0.287. The third kappa shape index (κ3) is 2.38. The van der Waals surface area contributed by atoms with Crippen LogP contribution in [0, 0.1) is 5.92 Å². The Morgan fingerprint density at radius 2 is 2.33 bits per heavy atom. The van der Waals surface area contributed by atoms with Gasteiger partial charge in [0.2, 0.25) is 0 Å². The predicted molar refractivity (Wildman–Crippen MR) is 49.8 cm³/mol. The van der Waals surface area contributed by atoms with Crippen molar-refractivity contribution in [1.29, 1.82) is 0 Å². The van der Waals surface area contributed by atoms with E-state index in [9.17, 15) is 0 Å². The summed E-state index contributed by atoms with van der Waals surface area (Å²) in [5.41, 5.74) is 5.89. The van der Waals surface area contributed by atoms with Gasteiger partial charge in [0.05, 0.1) is 6.26 Å². The van der Waals surface area contributed by atoms with Gasteiger partial charge in [-0.2, -0.15) is 0 Å². The van der Waals surface area contributed by atoms with Crippen molar-refractivity contribution in [3.63, 3.8) is 0 Å². The lowest BCUT2D eigenvalue weighted by Gasteiger charge is -2.16. The molecule has 12 heavy (non-hydrogen) atoms. The van der Waals surface area contributed by atoms with Crippen LogP contribution in [0.1, 0.15) is 26.0 Å². The summed E-state index contributed by atoms with van der Waals surface area (Å²) in [6.45, 7) is 4.28. The molecule has 68 valence electrons. The van der Waals surface area contributed by atoms with Crippen LogP contribution in [0.15, 0.2) is 22.8 Å². The van der Waals surface area contributed by atoms with Gasteiger partial charge in [-0.15, -0.1) is 0 Å². The monoisotopic (exact) mass is 167 g/mol. The molecule has 0 saturated carbocycles. The van der Waals surface area contributed by atoms with Crippen molar-refractivity contribution in [3.8, 4) is 0 Å². The van der Waals surface area contributed by atoms with Gasteiger partial charge in [0.1, 0.15) is 5.76 Å². The fourth-order valence-electron chi connectivity index (χ4n) is 1.30. The quantitative estimate of drug-likeness (QED) is 0.746. The Labute approximate surface area is 73.8 Å². The minimum atomic E-state index is 0.287. The summed E-state index contributed by atoms with van der Waals surface area (Å²) >= 11 is 0. The van der Waals surface area contributed by atoms with Crippen molar-refractivity contribution in [3.05, 3.63) is 24.2 Å². The second kappa shape index (κ2) is 4.31. The van der Waals surface area contributed by atoms with Gasteiger partial charge in [0, 0.05) is 12.5 Å². The molecule has 1 heterocycles. The van der Waals surface area contributed by atoms with Gasteiger partial charge in [-0.05, 0) is 24.5 Å². The van der Waals surface area contributed by atoms with Gasteiger partial charge >= 0.3 is 0 Å². The van der Waals surface area contributed by atoms with Gasteiger partial charge in [0.25, 0.3) is 0 Å². The number of nitrogens with two attached hydrogens (primary N) is 1. The first kappa shape index (κ1) is 9.33. The number of rotatable bonds is 4. The Hall–Kier alpha value is -0.760. The fourth-order valence-corrected chi connectivity index (χ4v) is 1.30. The Morgan fingerprint density at radius 3 is 2.83 bits per heavy atom. The van der Waals surface area contributed by atoms with E-state index in [1.807, 2.05) is 12.1 Å². The highest BCUT2D eigenvalue weighted by Gasteiger charge is 2.12. The summed E-state index contributed by atoms with van der Waals surface area (Å²) in [5.74, 6) is 1.53. The second-order valence-corrected chi connectivity index (χ2v) is 3.33. The summed E-state index contributed by atoms with van der Waals surface area (Å²) in [5, 5.41) is 0. The van der Waals surface area contributed by atoms with Gasteiger partial charge in [-0.3, -0.25) is 0 Å². The van der Waals surface area contributed by atoms with Crippen molar-refractivity contribution in [2.24, 2.45) is 11.7 Å². The van der Waals surface area contributed by atoms with Crippen molar-refractivity contribution >= 4 is 0 Å². The van der Waals surface area contributed by atoms with Crippen LogP contribution in [0.5, 0.6) is 0 Å². The van der Waals surface area contributed by atoms with E-state index >= 15 is 0 Å². The molecule has 0 saturated heterocycles. The van der Waals surface area contributed by atoms with E-state index in [0.717, 1.165) is 18.6 Å². The topological polar surface area (TPSA) is 39.2 Å². The van der Waals surface area contributed by atoms with Crippen LogP contribution < -0.4 is 5.73 Å². The summed E-state index contributed by atoms with van der Waals surface area (Å²) < 4.78 is 5.24. The van der Waals surface area contributed by atoms with E-state index in [-0.39, 0.29) is 6.04 Å². The van der Waals surface area contributed by atoms with Crippen LogP contribution in [0.3, 0.4) is 0 Å². The van der Waals surface area contributed by atoms with Crippen molar-refractivity contribution < 1.29 is 4.42 Å². The Morgan fingerprint density at radius 1 is 1.58 bits per heavy atom. The third-order valence-electron chi connectivity index (χ3n) is 2.31. The highest BCUT2D eigenvalue weighted by Crippen LogP contribution is 2.12. The van der Waals surface area contributed by atoms with Crippen molar-refractivity contribution in [2.45, 2.75) is 32.7 Å². The third-order valence-corrected chi connectivity index (χ3v) is 2.31. The number of furan rings is 1. The molecule has 1 aromatic rings. The molecule has 1 rings (SSSR count). The van der Waals surface area contributed by atoms with E-state index in [0.29, 0.717) is 5.92 Å². The maximum Gasteiger partial charge on any atom is 0.104 e. The van der Waals surface area contributed by atoms with Gasteiger partial charge < -0.3 is 10.2 Å². The molecule has 0 aliphatic rings. The maximum absolute atomic E-state index is 5.89. The molecule has 2 heteroatoms. The summed E-state index contributed by atoms with van der Waals surface area (Å²) in [7, 11) is 0. The van der Waals surface area contributed by atoms with Crippen molar-refractivity contribution in [1.82, 2.24) is 0 Å². The molecule has 2 unspecified atom stereocenters. The number of hydrogen-bond acceptors (Lipinski definition) is 2. The molecule has 0 spiro atoms. The SMILES string of the molecule is CCC(N)C(C)Cc1ccco1.